The number of hydrogen-bond donors (Lipinski definition) is 1. The molecule has 2 aliphatic carbocycles. The van der Waals surface area contributed by atoms with E-state index in [9.17, 15) is 14.7 Å². The Balaban J connectivity index is 1.58. The minimum Gasteiger partial charge on any atom is -0.503 e. The van der Waals surface area contributed by atoms with E-state index in [-0.39, 0.29) is 23.6 Å². The molecule has 2 fully saturated rings. The first kappa shape index (κ1) is 26.7. The van der Waals surface area contributed by atoms with Gasteiger partial charge in [0.1, 0.15) is 11.9 Å². The zero-order chi connectivity index (χ0) is 26.8. The standard InChI is InChI=1S/C31H34BrNO5/c1-3-37-26-17-21(14-23(32)30(26)35)28-27(31(36)38-22-12-8-5-9-13-22)18(2)33-24-15-20(16-25(34)29(24)28)19-10-6-4-7-11-19/h4,6-7,10-11,14,17,20,22,28-29,35H,3,5,8-9,12-13,15-16H2,1-2H3/t20-,28+,29?/m0/s1. The summed E-state index contributed by atoms with van der Waals surface area (Å²) in [5.41, 5.74) is 3.65. The Morgan fingerprint density at radius 3 is 2.50 bits per heavy atom. The lowest BCUT2D eigenvalue weighted by atomic mass is 9.66. The van der Waals surface area contributed by atoms with Crippen LogP contribution in [-0.4, -0.2) is 35.3 Å². The maximum Gasteiger partial charge on any atom is 0.336 e. The van der Waals surface area contributed by atoms with Crippen molar-refractivity contribution in [2.24, 2.45) is 10.9 Å². The van der Waals surface area contributed by atoms with Crippen molar-refractivity contribution in [2.45, 2.75) is 76.7 Å². The molecule has 38 heavy (non-hydrogen) atoms. The highest BCUT2D eigenvalue weighted by molar-refractivity contribution is 9.10. The molecule has 0 bridgehead atoms. The monoisotopic (exact) mass is 579 g/mol. The molecule has 3 atom stereocenters. The molecule has 0 radical (unpaired) electrons. The fraction of sp³-hybridized carbons (Fsp3) is 0.452. The first-order valence-electron chi connectivity index (χ1n) is 13.6. The number of Topliss-reactive ketones (excluding diaryl/α,β-unsaturated/α-hetero) is 1. The summed E-state index contributed by atoms with van der Waals surface area (Å²) in [5.74, 6) is -1.13. The van der Waals surface area contributed by atoms with Crippen LogP contribution in [0.5, 0.6) is 11.5 Å². The number of phenolic OH excluding ortho intramolecular Hbond substituents is 1. The van der Waals surface area contributed by atoms with Gasteiger partial charge in [-0.05, 0) is 91.1 Å². The number of aromatic hydroxyl groups is 1. The third-order valence-electron chi connectivity index (χ3n) is 7.98. The molecule has 200 valence electrons. The molecule has 0 amide bonds. The van der Waals surface area contributed by atoms with Gasteiger partial charge in [-0.25, -0.2) is 4.79 Å². The Hall–Kier alpha value is -2.93. The number of carbonyl (C=O) groups excluding carboxylic acids is 2. The first-order valence-corrected chi connectivity index (χ1v) is 14.4. The smallest absolute Gasteiger partial charge is 0.336 e. The van der Waals surface area contributed by atoms with E-state index in [0.29, 0.717) is 40.9 Å². The molecule has 1 N–H and O–H groups in total. The summed E-state index contributed by atoms with van der Waals surface area (Å²) in [7, 11) is 0. The van der Waals surface area contributed by atoms with Gasteiger partial charge in [-0.1, -0.05) is 36.8 Å². The van der Waals surface area contributed by atoms with Crippen LogP contribution in [0.4, 0.5) is 0 Å². The lowest BCUT2D eigenvalue weighted by Gasteiger charge is -2.38. The van der Waals surface area contributed by atoms with Crippen molar-refractivity contribution in [1.82, 2.24) is 0 Å². The molecule has 7 heteroatoms. The number of fused-ring (bicyclic) bond motifs is 1. The average Bonchev–Trinajstić information content (AvgIpc) is 2.91. The van der Waals surface area contributed by atoms with Gasteiger partial charge in [-0.2, -0.15) is 0 Å². The third kappa shape index (κ3) is 5.31. The van der Waals surface area contributed by atoms with Crippen LogP contribution in [0.2, 0.25) is 0 Å². The number of carbonyl (C=O) groups is 2. The van der Waals surface area contributed by atoms with E-state index in [1.54, 1.807) is 12.1 Å². The number of rotatable bonds is 6. The molecule has 1 aliphatic heterocycles. The van der Waals surface area contributed by atoms with E-state index in [0.717, 1.165) is 48.9 Å². The molecule has 6 nitrogen and oxygen atoms in total. The molecule has 0 spiro atoms. The molecule has 1 unspecified atom stereocenters. The Kier molecular flexibility index (Phi) is 8.03. The number of phenols is 1. The molecular formula is C31H34BrNO5. The summed E-state index contributed by atoms with van der Waals surface area (Å²) in [4.78, 5) is 32.5. The maximum atomic E-state index is 13.9. The lowest BCUT2D eigenvalue weighted by Crippen LogP contribution is -2.41. The number of ether oxygens (including phenoxy) is 2. The summed E-state index contributed by atoms with van der Waals surface area (Å²) in [6.07, 6.45) is 5.89. The zero-order valence-electron chi connectivity index (χ0n) is 21.9. The number of halogens is 1. The van der Waals surface area contributed by atoms with Crippen molar-refractivity contribution in [3.63, 3.8) is 0 Å². The van der Waals surface area contributed by atoms with Gasteiger partial charge in [0.05, 0.1) is 22.6 Å². The predicted molar refractivity (Wildman–Crippen MR) is 150 cm³/mol. The van der Waals surface area contributed by atoms with Gasteiger partial charge in [0.25, 0.3) is 0 Å². The number of aliphatic imine (C=N–C) groups is 1. The minimum absolute atomic E-state index is 0.00792. The van der Waals surface area contributed by atoms with Crippen molar-refractivity contribution >= 4 is 33.4 Å². The van der Waals surface area contributed by atoms with Crippen molar-refractivity contribution in [3.8, 4) is 11.5 Å². The van der Waals surface area contributed by atoms with E-state index >= 15 is 0 Å². The number of nitrogens with zero attached hydrogens (tertiary/aromatic N) is 1. The molecule has 0 aromatic heterocycles. The molecule has 1 heterocycles. The second-order valence-corrected chi connectivity index (χ2v) is 11.3. The molecule has 5 rings (SSSR count). The summed E-state index contributed by atoms with van der Waals surface area (Å²) in [6, 6.07) is 13.6. The van der Waals surface area contributed by atoms with Crippen LogP contribution in [0.1, 0.15) is 81.8 Å². The highest BCUT2D eigenvalue weighted by atomic mass is 79.9. The van der Waals surface area contributed by atoms with Crippen LogP contribution in [0.3, 0.4) is 0 Å². The van der Waals surface area contributed by atoms with Crippen LogP contribution in [-0.2, 0) is 14.3 Å². The van der Waals surface area contributed by atoms with Crippen LogP contribution in [0.15, 0.2) is 63.2 Å². The fourth-order valence-corrected chi connectivity index (χ4v) is 6.66. The van der Waals surface area contributed by atoms with Gasteiger partial charge in [0.15, 0.2) is 11.5 Å². The van der Waals surface area contributed by atoms with E-state index in [2.05, 4.69) is 28.1 Å². The van der Waals surface area contributed by atoms with E-state index in [1.807, 2.05) is 32.0 Å². The van der Waals surface area contributed by atoms with Gasteiger partial charge in [0.2, 0.25) is 0 Å². The molecular weight excluding hydrogens is 546 g/mol. The van der Waals surface area contributed by atoms with Gasteiger partial charge in [0, 0.05) is 23.7 Å². The fourth-order valence-electron chi connectivity index (χ4n) is 6.20. The van der Waals surface area contributed by atoms with Gasteiger partial charge < -0.3 is 14.6 Å². The van der Waals surface area contributed by atoms with Crippen LogP contribution >= 0.6 is 15.9 Å². The second kappa shape index (κ2) is 11.4. The summed E-state index contributed by atoms with van der Waals surface area (Å²) in [6.45, 7) is 4.05. The number of benzene rings is 2. The number of hydrogen-bond acceptors (Lipinski definition) is 6. The molecule has 2 aromatic carbocycles. The van der Waals surface area contributed by atoms with Crippen molar-refractivity contribution in [1.29, 1.82) is 0 Å². The van der Waals surface area contributed by atoms with Crippen molar-refractivity contribution in [3.05, 3.63) is 69.3 Å². The number of allylic oxidation sites excluding steroid dienone is 1. The Morgan fingerprint density at radius 2 is 1.79 bits per heavy atom. The summed E-state index contributed by atoms with van der Waals surface area (Å²) >= 11 is 3.45. The average molecular weight is 581 g/mol. The molecule has 0 saturated heterocycles. The maximum absolute atomic E-state index is 13.9. The normalized spacial score (nSPS) is 24.0. The summed E-state index contributed by atoms with van der Waals surface area (Å²) in [5, 5.41) is 10.6. The Bertz CT molecular complexity index is 1280. The van der Waals surface area contributed by atoms with Crippen LogP contribution in [0.25, 0.3) is 0 Å². The van der Waals surface area contributed by atoms with Gasteiger partial charge in [-0.3, -0.25) is 9.79 Å². The van der Waals surface area contributed by atoms with E-state index < -0.39 is 17.8 Å². The number of ketones is 1. The van der Waals surface area contributed by atoms with E-state index in [1.165, 1.54) is 0 Å². The Morgan fingerprint density at radius 1 is 1.05 bits per heavy atom. The van der Waals surface area contributed by atoms with Gasteiger partial charge in [-0.15, -0.1) is 0 Å². The lowest BCUT2D eigenvalue weighted by molar-refractivity contribution is -0.146. The highest BCUT2D eigenvalue weighted by Gasteiger charge is 2.46. The quantitative estimate of drug-likeness (QED) is 0.372. The molecule has 3 aliphatic rings. The molecule has 2 saturated carbocycles. The third-order valence-corrected chi connectivity index (χ3v) is 8.59. The highest BCUT2D eigenvalue weighted by Crippen LogP contribution is 2.48. The Labute approximate surface area is 232 Å². The predicted octanol–water partition coefficient (Wildman–Crippen LogP) is 7.00. The second-order valence-electron chi connectivity index (χ2n) is 10.5. The van der Waals surface area contributed by atoms with Crippen molar-refractivity contribution < 1.29 is 24.2 Å². The SMILES string of the molecule is CCOc1cc([C@@H]2C(C(=O)OC3CCCCC3)=C(C)N=C3C[C@H](c4ccccc4)CC(=O)C32)cc(Br)c1O. The topological polar surface area (TPSA) is 85.2 Å². The minimum atomic E-state index is -0.571. The van der Waals surface area contributed by atoms with Gasteiger partial charge >= 0.3 is 5.97 Å². The number of esters is 1. The largest absolute Gasteiger partial charge is 0.503 e. The van der Waals surface area contributed by atoms with Crippen LogP contribution in [0, 0.1) is 5.92 Å². The van der Waals surface area contributed by atoms with E-state index in [4.69, 9.17) is 14.5 Å². The first-order chi connectivity index (χ1) is 18.4. The molecule has 2 aromatic rings. The van der Waals surface area contributed by atoms with Crippen molar-refractivity contribution in [2.75, 3.05) is 6.61 Å². The zero-order valence-corrected chi connectivity index (χ0v) is 23.5. The summed E-state index contributed by atoms with van der Waals surface area (Å²) < 4.78 is 12.2. The van der Waals surface area contributed by atoms with Crippen LogP contribution < -0.4 is 4.74 Å².